The van der Waals surface area contributed by atoms with Crippen LogP contribution in [-0.2, 0) is 9.53 Å². The van der Waals surface area contributed by atoms with Gasteiger partial charge in [0.2, 0.25) is 5.91 Å². The topological polar surface area (TPSA) is 51.2 Å². The SMILES string of the molecule is Cc1ccc(NC(=O)C(C)(C)SCC2CCOCC2)nc1. The largest absolute Gasteiger partial charge is 0.381 e. The zero-order valence-corrected chi connectivity index (χ0v) is 13.8. The normalized spacial score (nSPS) is 16.7. The van der Waals surface area contributed by atoms with Crippen molar-refractivity contribution in [1.82, 2.24) is 4.98 Å². The average Bonchev–Trinajstić information content (AvgIpc) is 2.48. The molecule has 4 nitrogen and oxygen atoms in total. The van der Waals surface area contributed by atoms with E-state index >= 15 is 0 Å². The van der Waals surface area contributed by atoms with Gasteiger partial charge in [0.1, 0.15) is 5.82 Å². The number of hydrogen-bond acceptors (Lipinski definition) is 4. The van der Waals surface area contributed by atoms with E-state index in [2.05, 4.69) is 10.3 Å². The van der Waals surface area contributed by atoms with Crippen LogP contribution in [0.1, 0.15) is 32.3 Å². The summed E-state index contributed by atoms with van der Waals surface area (Å²) in [6.07, 6.45) is 3.96. The number of thioether (sulfide) groups is 1. The van der Waals surface area contributed by atoms with Gasteiger partial charge < -0.3 is 10.1 Å². The van der Waals surface area contributed by atoms with Crippen molar-refractivity contribution < 1.29 is 9.53 Å². The van der Waals surface area contributed by atoms with Crippen molar-refractivity contribution in [2.24, 2.45) is 5.92 Å². The van der Waals surface area contributed by atoms with Crippen LogP contribution in [0.3, 0.4) is 0 Å². The fraction of sp³-hybridized carbons (Fsp3) is 0.625. The highest BCUT2D eigenvalue weighted by Crippen LogP contribution is 2.30. The number of nitrogens with one attached hydrogen (secondary N) is 1. The molecular formula is C16H24N2O2S. The molecule has 1 aromatic heterocycles. The third-order valence-electron chi connectivity index (χ3n) is 3.72. The second-order valence-corrected chi connectivity index (χ2v) is 7.69. The molecule has 0 bridgehead atoms. The van der Waals surface area contributed by atoms with Crippen molar-refractivity contribution >= 4 is 23.5 Å². The number of rotatable bonds is 5. The van der Waals surface area contributed by atoms with Gasteiger partial charge in [-0.1, -0.05) is 6.07 Å². The number of aromatic nitrogens is 1. The number of pyridine rings is 1. The van der Waals surface area contributed by atoms with Gasteiger partial charge in [-0.2, -0.15) is 0 Å². The molecule has 21 heavy (non-hydrogen) atoms. The summed E-state index contributed by atoms with van der Waals surface area (Å²) in [5.74, 6) is 2.29. The van der Waals surface area contributed by atoms with Gasteiger partial charge >= 0.3 is 0 Å². The summed E-state index contributed by atoms with van der Waals surface area (Å²) >= 11 is 1.72. The Labute approximate surface area is 131 Å². The van der Waals surface area contributed by atoms with Crippen molar-refractivity contribution in [2.75, 3.05) is 24.3 Å². The second-order valence-electron chi connectivity index (χ2n) is 6.05. The van der Waals surface area contributed by atoms with Gasteiger partial charge in [0.15, 0.2) is 0 Å². The Morgan fingerprint density at radius 2 is 2.14 bits per heavy atom. The highest BCUT2D eigenvalue weighted by Gasteiger charge is 2.30. The average molecular weight is 308 g/mol. The lowest BCUT2D eigenvalue weighted by Crippen LogP contribution is -2.35. The molecule has 1 N–H and O–H groups in total. The summed E-state index contributed by atoms with van der Waals surface area (Å²) < 4.78 is 4.92. The summed E-state index contributed by atoms with van der Waals surface area (Å²) in [7, 11) is 0. The first-order valence-electron chi connectivity index (χ1n) is 7.43. The maximum atomic E-state index is 12.4. The molecule has 0 aromatic carbocycles. The van der Waals surface area contributed by atoms with E-state index in [9.17, 15) is 4.79 Å². The Balaban J connectivity index is 1.85. The fourth-order valence-corrected chi connectivity index (χ4v) is 3.28. The van der Waals surface area contributed by atoms with Crippen molar-refractivity contribution in [3.8, 4) is 0 Å². The molecule has 1 saturated heterocycles. The summed E-state index contributed by atoms with van der Waals surface area (Å²) in [6, 6.07) is 3.79. The zero-order chi connectivity index (χ0) is 15.3. The standard InChI is InChI=1S/C16H24N2O2S/c1-12-4-5-14(17-10-12)18-15(19)16(2,3)21-11-13-6-8-20-9-7-13/h4-5,10,13H,6-9,11H2,1-3H3,(H,17,18,19). The van der Waals surface area contributed by atoms with Crippen molar-refractivity contribution in [3.63, 3.8) is 0 Å². The van der Waals surface area contributed by atoms with Gasteiger partial charge in [-0.25, -0.2) is 4.98 Å². The highest BCUT2D eigenvalue weighted by atomic mass is 32.2. The van der Waals surface area contributed by atoms with Crippen LogP contribution in [0.15, 0.2) is 18.3 Å². The number of anilines is 1. The molecule has 1 aliphatic rings. The van der Waals surface area contributed by atoms with E-state index in [0.29, 0.717) is 11.7 Å². The van der Waals surface area contributed by atoms with Crippen LogP contribution in [-0.4, -0.2) is 34.6 Å². The minimum Gasteiger partial charge on any atom is -0.381 e. The summed E-state index contributed by atoms with van der Waals surface area (Å²) in [5.41, 5.74) is 1.08. The summed E-state index contributed by atoms with van der Waals surface area (Å²) in [4.78, 5) is 16.6. The molecule has 0 aliphatic carbocycles. The zero-order valence-electron chi connectivity index (χ0n) is 13.0. The lowest BCUT2D eigenvalue weighted by atomic mass is 10.0. The van der Waals surface area contributed by atoms with E-state index in [1.165, 1.54) is 0 Å². The lowest BCUT2D eigenvalue weighted by Gasteiger charge is -2.27. The number of carbonyl (C=O) groups excluding carboxylic acids is 1. The van der Waals surface area contributed by atoms with E-state index in [-0.39, 0.29) is 5.91 Å². The molecule has 116 valence electrons. The first-order valence-corrected chi connectivity index (χ1v) is 8.42. The monoisotopic (exact) mass is 308 g/mol. The van der Waals surface area contributed by atoms with Gasteiger partial charge in [0, 0.05) is 19.4 Å². The third-order valence-corrected chi connectivity index (χ3v) is 5.27. The highest BCUT2D eigenvalue weighted by molar-refractivity contribution is 8.01. The summed E-state index contributed by atoms with van der Waals surface area (Å²) in [6.45, 7) is 7.63. The quantitative estimate of drug-likeness (QED) is 0.907. The van der Waals surface area contributed by atoms with Crippen LogP contribution in [0, 0.1) is 12.8 Å². The maximum absolute atomic E-state index is 12.4. The molecule has 5 heteroatoms. The number of amides is 1. The Bertz CT molecular complexity index is 468. The van der Waals surface area contributed by atoms with Crippen molar-refractivity contribution in [2.45, 2.75) is 38.4 Å². The molecule has 0 spiro atoms. The Morgan fingerprint density at radius 3 is 2.76 bits per heavy atom. The van der Waals surface area contributed by atoms with Crippen LogP contribution in [0.4, 0.5) is 5.82 Å². The van der Waals surface area contributed by atoms with E-state index in [1.807, 2.05) is 32.9 Å². The number of aryl methyl sites for hydroxylation is 1. The van der Waals surface area contributed by atoms with Crippen LogP contribution in [0.25, 0.3) is 0 Å². The summed E-state index contributed by atoms with van der Waals surface area (Å²) in [5, 5.41) is 2.90. The first-order chi connectivity index (χ1) is 9.97. The van der Waals surface area contributed by atoms with Crippen LogP contribution >= 0.6 is 11.8 Å². The Kier molecular flexibility index (Phi) is 5.65. The Hall–Kier alpha value is -1.07. The molecule has 0 unspecified atom stereocenters. The number of carbonyl (C=O) groups is 1. The van der Waals surface area contributed by atoms with Gasteiger partial charge in [-0.15, -0.1) is 11.8 Å². The van der Waals surface area contributed by atoms with Crippen molar-refractivity contribution in [3.05, 3.63) is 23.9 Å². The van der Waals surface area contributed by atoms with Gasteiger partial charge in [0.25, 0.3) is 0 Å². The van der Waals surface area contributed by atoms with Gasteiger partial charge in [-0.05, 0) is 56.9 Å². The van der Waals surface area contributed by atoms with E-state index in [0.717, 1.165) is 37.4 Å². The molecule has 2 heterocycles. The number of nitrogens with zero attached hydrogens (tertiary/aromatic N) is 1. The third kappa shape index (κ3) is 5.00. The van der Waals surface area contributed by atoms with E-state index < -0.39 is 4.75 Å². The molecule has 0 saturated carbocycles. The van der Waals surface area contributed by atoms with Crippen LogP contribution in [0.2, 0.25) is 0 Å². The number of hydrogen-bond donors (Lipinski definition) is 1. The molecule has 1 aromatic rings. The lowest BCUT2D eigenvalue weighted by molar-refractivity contribution is -0.117. The van der Waals surface area contributed by atoms with Crippen molar-refractivity contribution in [1.29, 1.82) is 0 Å². The van der Waals surface area contributed by atoms with Crippen LogP contribution in [0.5, 0.6) is 0 Å². The fourth-order valence-electron chi connectivity index (χ4n) is 2.11. The minimum atomic E-state index is -0.454. The van der Waals surface area contributed by atoms with Crippen LogP contribution < -0.4 is 5.32 Å². The second kappa shape index (κ2) is 7.27. The number of ether oxygens (including phenoxy) is 1. The smallest absolute Gasteiger partial charge is 0.241 e. The predicted octanol–water partition coefficient (Wildman–Crippen LogP) is 3.27. The molecule has 1 aliphatic heterocycles. The Morgan fingerprint density at radius 1 is 1.43 bits per heavy atom. The molecule has 0 radical (unpaired) electrons. The molecule has 0 atom stereocenters. The van der Waals surface area contributed by atoms with Gasteiger partial charge in [0.05, 0.1) is 4.75 Å². The molecule has 1 amide bonds. The molecule has 1 fully saturated rings. The molecular weight excluding hydrogens is 284 g/mol. The minimum absolute atomic E-state index is 0.0101. The maximum Gasteiger partial charge on any atom is 0.241 e. The predicted molar refractivity (Wildman–Crippen MR) is 87.7 cm³/mol. The molecule has 2 rings (SSSR count). The van der Waals surface area contributed by atoms with E-state index in [4.69, 9.17) is 4.74 Å². The van der Waals surface area contributed by atoms with Gasteiger partial charge in [-0.3, -0.25) is 4.79 Å². The van der Waals surface area contributed by atoms with E-state index in [1.54, 1.807) is 18.0 Å². The first kappa shape index (κ1) is 16.3.